The topological polar surface area (TPSA) is 108 Å². The molecule has 0 radical (unpaired) electrons. The van der Waals surface area contributed by atoms with Crippen LogP contribution in [0, 0.1) is 6.92 Å². The second kappa shape index (κ2) is 13.3. The summed E-state index contributed by atoms with van der Waals surface area (Å²) in [6, 6.07) is 18.6. The van der Waals surface area contributed by atoms with Crippen molar-refractivity contribution in [2.75, 3.05) is 5.32 Å². The number of carbonyl (C=O) groups excluding carboxylic acids is 3. The number of amides is 3. The van der Waals surface area contributed by atoms with Crippen LogP contribution in [-0.2, 0) is 20.7 Å². The average Bonchev–Trinajstić information content (AvgIpc) is 2.88. The van der Waals surface area contributed by atoms with Crippen LogP contribution in [0.25, 0.3) is 0 Å². The van der Waals surface area contributed by atoms with E-state index in [2.05, 4.69) is 10.6 Å². The minimum absolute atomic E-state index is 0.0343. The van der Waals surface area contributed by atoms with E-state index < -0.39 is 35.6 Å². The molecule has 0 saturated heterocycles. The molecule has 4 rings (SSSR count). The van der Waals surface area contributed by atoms with E-state index in [1.807, 2.05) is 43.3 Å². The number of anilines is 1. The lowest BCUT2D eigenvalue weighted by molar-refractivity contribution is -0.145. The first-order valence-electron chi connectivity index (χ1n) is 14.1. The van der Waals surface area contributed by atoms with Crippen molar-refractivity contribution in [2.45, 2.75) is 77.1 Å². The number of phenolic OH excluding ortho intramolecular Hbond substituents is 1. The number of nitrogens with zero attached hydrogens (tertiary/aromatic N) is 1. The van der Waals surface area contributed by atoms with E-state index in [0.717, 1.165) is 17.5 Å². The number of para-hydroxylation sites is 1. The smallest absolute Gasteiger partial charge is 0.408 e. The zero-order valence-electron chi connectivity index (χ0n) is 24.4. The molecule has 2 atom stereocenters. The molecule has 42 heavy (non-hydrogen) atoms. The molecular weight excluding hydrogens is 554 g/mol. The molecule has 0 aromatic heterocycles. The van der Waals surface area contributed by atoms with Crippen molar-refractivity contribution in [1.82, 2.24) is 10.2 Å². The molecule has 0 aliphatic heterocycles. The third-order valence-corrected chi connectivity index (χ3v) is 7.49. The van der Waals surface area contributed by atoms with Gasteiger partial charge in [-0.2, -0.15) is 0 Å². The van der Waals surface area contributed by atoms with Crippen LogP contribution in [0.4, 0.5) is 10.5 Å². The summed E-state index contributed by atoms with van der Waals surface area (Å²) in [5.74, 6) is -0.936. The molecule has 3 N–H and O–H groups in total. The lowest BCUT2D eigenvalue weighted by Crippen LogP contribution is -2.57. The summed E-state index contributed by atoms with van der Waals surface area (Å²) < 4.78 is 5.50. The number of benzene rings is 3. The molecule has 9 heteroatoms. The van der Waals surface area contributed by atoms with Gasteiger partial charge in [-0.3, -0.25) is 9.59 Å². The molecule has 1 aliphatic carbocycles. The Bertz CT molecular complexity index is 1400. The van der Waals surface area contributed by atoms with E-state index >= 15 is 0 Å². The summed E-state index contributed by atoms with van der Waals surface area (Å²) >= 11 is 6.45. The molecule has 3 amide bonds. The van der Waals surface area contributed by atoms with Crippen LogP contribution in [0.1, 0.15) is 62.8 Å². The van der Waals surface area contributed by atoms with Gasteiger partial charge in [-0.15, -0.1) is 0 Å². The van der Waals surface area contributed by atoms with E-state index in [-0.39, 0.29) is 18.2 Å². The Morgan fingerprint density at radius 2 is 1.71 bits per heavy atom. The second-order valence-electron chi connectivity index (χ2n) is 11.6. The SMILES string of the molecule is Cc1cccc(Cl)c1NC(=O)C(c1cccc(O)c1)N(C(=O)C(Cc1ccccc1)NC(=O)OC(C)(C)C)C1CCC1. The molecular formula is C33H38ClN3O5. The zero-order valence-corrected chi connectivity index (χ0v) is 25.1. The van der Waals surface area contributed by atoms with Gasteiger partial charge in [0.25, 0.3) is 5.91 Å². The predicted octanol–water partition coefficient (Wildman–Crippen LogP) is 6.55. The minimum atomic E-state index is -1.11. The average molecular weight is 592 g/mol. The van der Waals surface area contributed by atoms with Crippen molar-refractivity contribution < 1.29 is 24.2 Å². The van der Waals surface area contributed by atoms with Crippen LogP contribution >= 0.6 is 11.6 Å². The maximum Gasteiger partial charge on any atom is 0.408 e. The van der Waals surface area contributed by atoms with Gasteiger partial charge in [-0.25, -0.2) is 4.79 Å². The first kappa shape index (κ1) is 30.9. The maximum atomic E-state index is 14.6. The molecule has 1 aliphatic rings. The monoisotopic (exact) mass is 591 g/mol. The van der Waals surface area contributed by atoms with Gasteiger partial charge in [-0.05, 0) is 81.8 Å². The number of aryl methyl sites for hydroxylation is 1. The lowest BCUT2D eigenvalue weighted by atomic mass is 9.87. The minimum Gasteiger partial charge on any atom is -0.508 e. The number of carbonyl (C=O) groups is 3. The van der Waals surface area contributed by atoms with Crippen LogP contribution in [0.15, 0.2) is 72.8 Å². The number of hydrogen-bond acceptors (Lipinski definition) is 5. The maximum absolute atomic E-state index is 14.6. The predicted molar refractivity (Wildman–Crippen MR) is 163 cm³/mol. The highest BCUT2D eigenvalue weighted by Crippen LogP contribution is 2.36. The number of rotatable bonds is 9. The quantitative estimate of drug-likeness (QED) is 0.261. The van der Waals surface area contributed by atoms with Crippen LogP contribution in [0.5, 0.6) is 5.75 Å². The Morgan fingerprint density at radius 1 is 1.02 bits per heavy atom. The molecule has 0 bridgehead atoms. The first-order valence-corrected chi connectivity index (χ1v) is 14.5. The van der Waals surface area contributed by atoms with Crippen molar-refractivity contribution >= 4 is 35.2 Å². The molecule has 3 aromatic carbocycles. The Hall–Kier alpha value is -4.04. The molecule has 8 nitrogen and oxygen atoms in total. The van der Waals surface area contributed by atoms with E-state index in [9.17, 15) is 19.5 Å². The molecule has 1 saturated carbocycles. The standard InChI is InChI=1S/C33H38ClN3O5/c1-21-11-8-18-26(34)28(21)36-30(39)29(23-14-9-17-25(38)20-23)37(24-15-10-16-24)31(40)27(19-22-12-6-5-7-13-22)35-32(41)42-33(2,3)4/h5-9,11-14,17-18,20,24,27,29,38H,10,15-16,19H2,1-4H3,(H,35,41)(H,36,39). The molecule has 2 unspecified atom stereocenters. The Labute approximate surface area is 252 Å². The van der Waals surface area contributed by atoms with Gasteiger partial charge in [0, 0.05) is 12.5 Å². The number of ether oxygens (including phenoxy) is 1. The Morgan fingerprint density at radius 3 is 2.31 bits per heavy atom. The highest BCUT2D eigenvalue weighted by Gasteiger charge is 2.42. The highest BCUT2D eigenvalue weighted by molar-refractivity contribution is 6.34. The third kappa shape index (κ3) is 7.82. The summed E-state index contributed by atoms with van der Waals surface area (Å²) in [4.78, 5) is 43.2. The van der Waals surface area contributed by atoms with Crippen LogP contribution < -0.4 is 10.6 Å². The van der Waals surface area contributed by atoms with Crippen LogP contribution in [0.2, 0.25) is 5.02 Å². The molecule has 0 spiro atoms. The lowest BCUT2D eigenvalue weighted by Gasteiger charge is -2.43. The molecule has 3 aromatic rings. The largest absolute Gasteiger partial charge is 0.508 e. The molecule has 1 fully saturated rings. The first-order chi connectivity index (χ1) is 19.9. The second-order valence-corrected chi connectivity index (χ2v) is 12.0. The van der Waals surface area contributed by atoms with Gasteiger partial charge < -0.3 is 25.4 Å². The van der Waals surface area contributed by atoms with Gasteiger partial charge in [0.15, 0.2) is 0 Å². The van der Waals surface area contributed by atoms with Gasteiger partial charge in [0.1, 0.15) is 23.4 Å². The number of phenols is 1. The molecule has 0 heterocycles. The zero-order chi connectivity index (χ0) is 30.4. The summed E-state index contributed by atoms with van der Waals surface area (Å²) in [5.41, 5.74) is 1.72. The molecule has 222 valence electrons. The van der Waals surface area contributed by atoms with Gasteiger partial charge in [-0.1, -0.05) is 66.2 Å². The summed E-state index contributed by atoms with van der Waals surface area (Å²) in [6.07, 6.45) is 1.76. The van der Waals surface area contributed by atoms with Crippen LogP contribution in [-0.4, -0.2) is 45.6 Å². The third-order valence-electron chi connectivity index (χ3n) is 7.18. The van der Waals surface area contributed by atoms with Crippen molar-refractivity contribution in [3.63, 3.8) is 0 Å². The number of halogens is 1. The van der Waals surface area contributed by atoms with Crippen LogP contribution in [0.3, 0.4) is 0 Å². The summed E-state index contributed by atoms with van der Waals surface area (Å²) in [6.45, 7) is 7.08. The fourth-order valence-electron chi connectivity index (χ4n) is 4.98. The van der Waals surface area contributed by atoms with E-state index in [0.29, 0.717) is 29.1 Å². The fourth-order valence-corrected chi connectivity index (χ4v) is 5.25. The van der Waals surface area contributed by atoms with Crippen molar-refractivity contribution in [3.8, 4) is 5.75 Å². The van der Waals surface area contributed by atoms with Crippen molar-refractivity contribution in [3.05, 3.63) is 94.5 Å². The van der Waals surface area contributed by atoms with E-state index in [4.69, 9.17) is 16.3 Å². The normalized spacial score (nSPS) is 14.7. The van der Waals surface area contributed by atoms with Crippen molar-refractivity contribution in [2.24, 2.45) is 0 Å². The van der Waals surface area contributed by atoms with Gasteiger partial charge in [0.05, 0.1) is 10.7 Å². The van der Waals surface area contributed by atoms with Crippen molar-refractivity contribution in [1.29, 1.82) is 0 Å². The number of hydrogen-bond donors (Lipinski definition) is 3. The Balaban J connectivity index is 1.76. The number of aromatic hydroxyl groups is 1. The number of alkyl carbamates (subject to hydrolysis) is 1. The summed E-state index contributed by atoms with van der Waals surface area (Å²) in [7, 11) is 0. The van der Waals surface area contributed by atoms with Gasteiger partial charge >= 0.3 is 6.09 Å². The van der Waals surface area contributed by atoms with Gasteiger partial charge in [0.2, 0.25) is 5.91 Å². The Kier molecular flexibility index (Phi) is 9.78. The van der Waals surface area contributed by atoms with E-state index in [1.165, 1.54) is 12.1 Å². The highest BCUT2D eigenvalue weighted by atomic mass is 35.5. The number of nitrogens with one attached hydrogen (secondary N) is 2. The summed E-state index contributed by atoms with van der Waals surface area (Å²) in [5, 5.41) is 16.4. The fraction of sp³-hybridized carbons (Fsp3) is 0.364. The van der Waals surface area contributed by atoms with E-state index in [1.54, 1.807) is 49.9 Å².